The van der Waals surface area contributed by atoms with E-state index in [4.69, 9.17) is 0 Å². The molecule has 1 aromatic heterocycles. The van der Waals surface area contributed by atoms with Crippen LogP contribution >= 0.6 is 11.3 Å². The Balaban J connectivity index is 1.84. The van der Waals surface area contributed by atoms with Crippen molar-refractivity contribution in [1.29, 1.82) is 0 Å². The first kappa shape index (κ1) is 20.0. The van der Waals surface area contributed by atoms with Gasteiger partial charge in [-0.15, -0.1) is 11.3 Å². The lowest BCUT2D eigenvalue weighted by atomic mass is 9.94. The molecular formula is C23H19FN2O3S. The number of aliphatic hydroxyl groups is 1. The van der Waals surface area contributed by atoms with Crippen molar-refractivity contribution in [3.05, 3.63) is 98.5 Å². The van der Waals surface area contributed by atoms with Crippen LogP contribution in [0, 0.1) is 19.7 Å². The second-order valence-electron chi connectivity index (χ2n) is 7.08. The lowest BCUT2D eigenvalue weighted by Gasteiger charge is -2.27. The van der Waals surface area contributed by atoms with Gasteiger partial charge in [0, 0.05) is 12.1 Å². The van der Waals surface area contributed by atoms with Crippen molar-refractivity contribution >= 4 is 23.0 Å². The van der Waals surface area contributed by atoms with Gasteiger partial charge in [-0.1, -0.05) is 48.5 Å². The molecule has 0 aliphatic carbocycles. The molecule has 30 heavy (non-hydrogen) atoms. The number of aryl methyl sites for hydroxylation is 2. The fraction of sp³-hybridized carbons (Fsp3) is 0.174. The minimum atomic E-state index is -1.03. The molecule has 0 saturated carbocycles. The number of amides is 1. The normalized spacial score (nSPS) is 16.4. The Morgan fingerprint density at radius 1 is 1.13 bits per heavy atom. The second kappa shape index (κ2) is 7.84. The number of thiazole rings is 1. The molecule has 0 fully saturated rings. The van der Waals surface area contributed by atoms with Gasteiger partial charge >= 0.3 is 0 Å². The number of nitrogens with zero attached hydrogens (tertiary/aromatic N) is 2. The predicted molar refractivity (Wildman–Crippen MR) is 112 cm³/mol. The van der Waals surface area contributed by atoms with Gasteiger partial charge in [-0.3, -0.25) is 9.59 Å². The van der Waals surface area contributed by atoms with Gasteiger partial charge in [0.15, 0.2) is 5.76 Å². The van der Waals surface area contributed by atoms with E-state index in [2.05, 4.69) is 4.98 Å². The first-order valence-corrected chi connectivity index (χ1v) is 10.2. The lowest BCUT2D eigenvalue weighted by molar-refractivity contribution is -0.130. The number of carbonyl (C=O) groups is 2. The minimum absolute atomic E-state index is 0.118. The molecule has 0 spiro atoms. The molecule has 1 unspecified atom stereocenters. The number of Topliss-reactive ketones (excluding diaryl/α,β-unsaturated/α-hetero) is 1. The first-order chi connectivity index (χ1) is 14.4. The molecule has 5 nitrogen and oxygen atoms in total. The topological polar surface area (TPSA) is 70.5 Å². The molecule has 0 bridgehead atoms. The van der Waals surface area contributed by atoms with Crippen LogP contribution in [0.5, 0.6) is 0 Å². The van der Waals surface area contributed by atoms with Crippen LogP contribution in [-0.4, -0.2) is 26.7 Å². The largest absolute Gasteiger partial charge is 0.503 e. The summed E-state index contributed by atoms with van der Waals surface area (Å²) in [7, 11) is 0. The highest BCUT2D eigenvalue weighted by Gasteiger charge is 2.45. The molecule has 2 aromatic carbocycles. The van der Waals surface area contributed by atoms with Crippen molar-refractivity contribution in [2.45, 2.75) is 26.4 Å². The van der Waals surface area contributed by atoms with Gasteiger partial charge in [-0.25, -0.2) is 9.37 Å². The fourth-order valence-electron chi connectivity index (χ4n) is 3.71. The van der Waals surface area contributed by atoms with Crippen LogP contribution in [0.2, 0.25) is 0 Å². The highest BCUT2D eigenvalue weighted by molar-refractivity contribution is 7.14. The Kier molecular flexibility index (Phi) is 5.22. The van der Waals surface area contributed by atoms with Crippen LogP contribution in [-0.2, 0) is 11.3 Å². The molecule has 1 aliphatic rings. The summed E-state index contributed by atoms with van der Waals surface area (Å²) in [6, 6.07) is 14.1. The van der Waals surface area contributed by atoms with Gasteiger partial charge < -0.3 is 10.0 Å². The van der Waals surface area contributed by atoms with Crippen LogP contribution in [0.25, 0.3) is 0 Å². The monoisotopic (exact) mass is 422 g/mol. The van der Waals surface area contributed by atoms with Gasteiger partial charge in [-0.05, 0) is 25.5 Å². The third-order valence-electron chi connectivity index (χ3n) is 5.05. The van der Waals surface area contributed by atoms with E-state index in [-0.39, 0.29) is 17.7 Å². The first-order valence-electron chi connectivity index (χ1n) is 9.39. The summed E-state index contributed by atoms with van der Waals surface area (Å²) in [5.74, 6) is -2.40. The maximum absolute atomic E-state index is 14.8. The molecule has 152 valence electrons. The Morgan fingerprint density at radius 3 is 2.43 bits per heavy atom. The van der Waals surface area contributed by atoms with Crippen molar-refractivity contribution in [3.63, 3.8) is 0 Å². The summed E-state index contributed by atoms with van der Waals surface area (Å²) in [6.45, 7) is 3.60. The van der Waals surface area contributed by atoms with Crippen molar-refractivity contribution in [2.75, 3.05) is 0 Å². The smallest absolute Gasteiger partial charge is 0.290 e. The van der Waals surface area contributed by atoms with E-state index in [9.17, 15) is 19.1 Å². The number of hydrogen-bond donors (Lipinski definition) is 1. The van der Waals surface area contributed by atoms with E-state index >= 15 is 0 Å². The molecule has 3 aromatic rings. The molecule has 1 aliphatic heterocycles. The highest BCUT2D eigenvalue weighted by Crippen LogP contribution is 2.41. The molecule has 4 rings (SSSR count). The van der Waals surface area contributed by atoms with Gasteiger partial charge in [0.1, 0.15) is 5.82 Å². The van der Waals surface area contributed by atoms with Crippen molar-refractivity contribution in [3.8, 4) is 0 Å². The van der Waals surface area contributed by atoms with E-state index in [1.165, 1.54) is 28.4 Å². The number of rotatable bonds is 5. The molecular weight excluding hydrogens is 403 g/mol. The van der Waals surface area contributed by atoms with Crippen LogP contribution in [0.3, 0.4) is 0 Å². The van der Waals surface area contributed by atoms with E-state index < -0.39 is 29.3 Å². The molecule has 2 heterocycles. The Labute approximate surface area is 177 Å². The lowest BCUT2D eigenvalue weighted by Crippen LogP contribution is -2.31. The standard InChI is InChI=1S/C23H19FN2O3S/c1-13-22(30-14(2)25-13)20(27)18-19(16-10-6-7-11-17(16)24)26(23(29)21(18)28)12-15-8-4-3-5-9-15/h3-11,19,28H,12H2,1-2H3. The quantitative estimate of drug-likeness (QED) is 0.606. The minimum Gasteiger partial charge on any atom is -0.503 e. The molecule has 1 N–H and O–H groups in total. The molecule has 1 atom stereocenters. The maximum Gasteiger partial charge on any atom is 0.290 e. The van der Waals surface area contributed by atoms with Gasteiger partial charge in [0.25, 0.3) is 5.91 Å². The highest BCUT2D eigenvalue weighted by atomic mass is 32.1. The third kappa shape index (κ3) is 3.41. The van der Waals surface area contributed by atoms with Crippen LogP contribution in [0.15, 0.2) is 65.9 Å². The SMILES string of the molecule is Cc1nc(C)c(C(=O)C2=C(O)C(=O)N(Cc3ccccc3)C2c2ccccc2F)s1. The second-order valence-corrected chi connectivity index (χ2v) is 8.28. The zero-order valence-electron chi connectivity index (χ0n) is 16.4. The average Bonchev–Trinajstić information content (AvgIpc) is 3.19. The Morgan fingerprint density at radius 2 is 1.80 bits per heavy atom. The molecule has 1 amide bonds. The Bertz CT molecular complexity index is 1170. The Hall–Kier alpha value is -3.32. The number of benzene rings is 2. The third-order valence-corrected chi connectivity index (χ3v) is 6.13. The van der Waals surface area contributed by atoms with Crippen molar-refractivity contribution < 1.29 is 19.1 Å². The summed E-state index contributed by atoms with van der Waals surface area (Å²) < 4.78 is 14.8. The number of aliphatic hydroxyl groups excluding tert-OH is 1. The predicted octanol–water partition coefficient (Wildman–Crippen LogP) is 4.68. The number of hydrogen-bond acceptors (Lipinski definition) is 5. The van der Waals surface area contributed by atoms with Crippen LogP contribution in [0.1, 0.15) is 37.5 Å². The number of carbonyl (C=O) groups excluding carboxylic acids is 2. The fourth-order valence-corrected chi connectivity index (χ4v) is 4.59. The van der Waals surface area contributed by atoms with Crippen molar-refractivity contribution in [1.82, 2.24) is 9.88 Å². The summed E-state index contributed by atoms with van der Waals surface area (Å²) in [4.78, 5) is 32.3. The van der Waals surface area contributed by atoms with E-state index in [0.717, 1.165) is 5.56 Å². The van der Waals surface area contributed by atoms with Gasteiger partial charge in [0.2, 0.25) is 5.78 Å². The zero-order chi connectivity index (χ0) is 21.4. The van der Waals surface area contributed by atoms with E-state index in [1.807, 2.05) is 30.3 Å². The van der Waals surface area contributed by atoms with E-state index in [0.29, 0.717) is 15.6 Å². The summed E-state index contributed by atoms with van der Waals surface area (Å²) in [6.07, 6.45) is 0. The van der Waals surface area contributed by atoms with Crippen LogP contribution < -0.4 is 0 Å². The number of ketones is 1. The molecule has 0 saturated heterocycles. The summed E-state index contributed by atoms with van der Waals surface area (Å²) in [5, 5.41) is 11.4. The molecule has 7 heteroatoms. The van der Waals surface area contributed by atoms with E-state index in [1.54, 1.807) is 26.0 Å². The number of halogens is 1. The van der Waals surface area contributed by atoms with Crippen LogP contribution in [0.4, 0.5) is 4.39 Å². The average molecular weight is 422 g/mol. The summed E-state index contributed by atoms with van der Waals surface area (Å²) in [5.41, 5.74) is 1.36. The zero-order valence-corrected chi connectivity index (χ0v) is 17.2. The number of aromatic nitrogens is 1. The van der Waals surface area contributed by atoms with Gasteiger partial charge in [0.05, 0.1) is 27.2 Å². The van der Waals surface area contributed by atoms with Gasteiger partial charge in [-0.2, -0.15) is 0 Å². The molecule has 0 radical (unpaired) electrons. The maximum atomic E-state index is 14.8. The van der Waals surface area contributed by atoms with Crippen molar-refractivity contribution in [2.24, 2.45) is 0 Å². The summed E-state index contributed by atoms with van der Waals surface area (Å²) >= 11 is 1.19.